The largest absolute Gasteiger partial charge is 0.378 e. The van der Waals surface area contributed by atoms with Gasteiger partial charge in [-0.05, 0) is 18.9 Å². The van der Waals surface area contributed by atoms with Crippen molar-refractivity contribution < 1.29 is 22.7 Å². The zero-order valence-corrected chi connectivity index (χ0v) is 16.3. The van der Waals surface area contributed by atoms with Crippen LogP contribution in [0.15, 0.2) is 30.3 Å². The molecular formula is C18H27N3O5S. The van der Waals surface area contributed by atoms with Gasteiger partial charge in [0.2, 0.25) is 21.8 Å². The van der Waals surface area contributed by atoms with Gasteiger partial charge in [0.1, 0.15) is 6.04 Å². The number of rotatable bonds is 6. The van der Waals surface area contributed by atoms with Crippen LogP contribution < -0.4 is 10.0 Å². The summed E-state index contributed by atoms with van der Waals surface area (Å²) < 4.78 is 32.1. The molecule has 2 rings (SSSR count). The molecule has 0 saturated carbocycles. The molecule has 9 heteroatoms. The van der Waals surface area contributed by atoms with Gasteiger partial charge >= 0.3 is 0 Å². The van der Waals surface area contributed by atoms with Crippen molar-refractivity contribution in [3.05, 3.63) is 35.9 Å². The van der Waals surface area contributed by atoms with E-state index in [-0.39, 0.29) is 37.0 Å². The summed E-state index contributed by atoms with van der Waals surface area (Å²) in [7, 11) is -3.57. The molecule has 0 aliphatic carbocycles. The lowest BCUT2D eigenvalue weighted by atomic mass is 10.1. The fourth-order valence-corrected chi connectivity index (χ4v) is 3.53. The average molecular weight is 397 g/mol. The molecule has 1 aliphatic rings. The molecule has 0 radical (unpaired) electrons. The first-order chi connectivity index (χ1) is 12.9. The van der Waals surface area contributed by atoms with Crippen molar-refractivity contribution in [3.8, 4) is 0 Å². The summed E-state index contributed by atoms with van der Waals surface area (Å²) >= 11 is 0. The normalized spacial score (nSPS) is 17.8. The van der Waals surface area contributed by atoms with E-state index >= 15 is 0 Å². The minimum atomic E-state index is -3.57. The highest BCUT2D eigenvalue weighted by molar-refractivity contribution is 7.89. The molecule has 27 heavy (non-hydrogen) atoms. The van der Waals surface area contributed by atoms with E-state index in [0.717, 1.165) is 5.56 Å². The van der Waals surface area contributed by atoms with Crippen LogP contribution in [0.2, 0.25) is 0 Å². The summed E-state index contributed by atoms with van der Waals surface area (Å²) in [5.74, 6) is -0.628. The zero-order valence-electron chi connectivity index (χ0n) is 15.5. The highest BCUT2D eigenvalue weighted by Gasteiger charge is 2.28. The Morgan fingerprint density at radius 1 is 1.26 bits per heavy atom. The lowest BCUT2D eigenvalue weighted by Crippen LogP contribution is -2.51. The van der Waals surface area contributed by atoms with Crippen LogP contribution >= 0.6 is 0 Å². The molecule has 1 aromatic carbocycles. The van der Waals surface area contributed by atoms with Crippen molar-refractivity contribution in [2.45, 2.75) is 25.8 Å². The first kappa shape index (κ1) is 21.3. The fourth-order valence-electron chi connectivity index (χ4n) is 2.75. The predicted octanol–water partition coefficient (Wildman–Crippen LogP) is -0.0979. The molecule has 150 valence electrons. The number of amides is 2. The second-order valence-corrected chi connectivity index (χ2v) is 8.34. The van der Waals surface area contributed by atoms with E-state index < -0.39 is 16.1 Å². The summed E-state index contributed by atoms with van der Waals surface area (Å²) in [4.78, 5) is 26.4. The maximum absolute atomic E-state index is 13.1. The van der Waals surface area contributed by atoms with Crippen LogP contribution in [0.5, 0.6) is 0 Å². The molecule has 2 amide bonds. The Balaban J connectivity index is 2.17. The van der Waals surface area contributed by atoms with Crippen LogP contribution in [0.1, 0.15) is 18.9 Å². The monoisotopic (exact) mass is 397 g/mol. The molecule has 0 bridgehead atoms. The molecule has 1 saturated heterocycles. The summed E-state index contributed by atoms with van der Waals surface area (Å²) in [6.45, 7) is 3.20. The van der Waals surface area contributed by atoms with Crippen LogP contribution in [0.25, 0.3) is 0 Å². The molecule has 1 aromatic rings. The Morgan fingerprint density at radius 2 is 2.00 bits per heavy atom. The van der Waals surface area contributed by atoms with Crippen LogP contribution in [0.3, 0.4) is 0 Å². The van der Waals surface area contributed by atoms with Crippen LogP contribution in [-0.4, -0.2) is 69.8 Å². The van der Waals surface area contributed by atoms with Crippen LogP contribution in [0, 0.1) is 0 Å². The summed E-state index contributed by atoms with van der Waals surface area (Å²) in [5, 5.41) is 2.71. The highest BCUT2D eigenvalue weighted by atomic mass is 32.2. The van der Waals surface area contributed by atoms with Gasteiger partial charge in [-0.15, -0.1) is 0 Å². The third-order valence-electron chi connectivity index (χ3n) is 4.28. The third kappa shape index (κ3) is 7.28. The van der Waals surface area contributed by atoms with Crippen molar-refractivity contribution in [1.82, 2.24) is 14.9 Å². The molecule has 8 nitrogen and oxygen atoms in total. The summed E-state index contributed by atoms with van der Waals surface area (Å²) in [6.07, 6.45) is 0.410. The van der Waals surface area contributed by atoms with E-state index in [9.17, 15) is 18.0 Å². The lowest BCUT2D eigenvalue weighted by Gasteiger charge is -2.28. The Kier molecular flexibility index (Phi) is 8.21. The maximum Gasteiger partial charge on any atom is 0.241 e. The van der Waals surface area contributed by atoms with Crippen LogP contribution in [-0.2, 0) is 30.8 Å². The summed E-state index contributed by atoms with van der Waals surface area (Å²) in [5.41, 5.74) is 0.852. The van der Waals surface area contributed by atoms with E-state index in [1.54, 1.807) is 0 Å². The van der Waals surface area contributed by atoms with E-state index in [2.05, 4.69) is 10.0 Å². The first-order valence-corrected chi connectivity index (χ1v) is 10.7. The van der Waals surface area contributed by atoms with E-state index in [4.69, 9.17) is 4.74 Å². The standard InChI is InChI=1S/C18H27N3O5S/c1-2-27(24,25)20-16(14-15-6-4-3-5-7-15)18(23)21-10-8-17(22)19-9-12-26-13-11-21/h3-7,16,20H,2,8-14H2,1H3,(H,19,22)/t16-/m1/s1. The number of hydrogen-bond donors (Lipinski definition) is 2. The average Bonchev–Trinajstić information content (AvgIpc) is 2.66. The van der Waals surface area contributed by atoms with Gasteiger partial charge in [0.05, 0.1) is 19.0 Å². The second-order valence-electron chi connectivity index (χ2n) is 6.30. The molecule has 1 heterocycles. The molecule has 0 unspecified atom stereocenters. The maximum atomic E-state index is 13.1. The number of nitrogens with one attached hydrogen (secondary N) is 2. The van der Waals surface area contributed by atoms with Gasteiger partial charge in [0, 0.05) is 26.1 Å². The van der Waals surface area contributed by atoms with Crippen molar-refractivity contribution in [3.63, 3.8) is 0 Å². The van der Waals surface area contributed by atoms with Gasteiger partial charge in [0.25, 0.3) is 0 Å². The summed E-state index contributed by atoms with van der Waals surface area (Å²) in [6, 6.07) is 8.31. The lowest BCUT2D eigenvalue weighted by molar-refractivity contribution is -0.134. The quantitative estimate of drug-likeness (QED) is 0.698. The van der Waals surface area contributed by atoms with Gasteiger partial charge in [-0.1, -0.05) is 30.3 Å². The number of nitrogens with zero attached hydrogens (tertiary/aromatic N) is 1. The minimum Gasteiger partial charge on any atom is -0.378 e. The Bertz CT molecular complexity index is 724. The number of carbonyl (C=O) groups excluding carboxylic acids is 2. The Hall–Kier alpha value is -1.97. The molecule has 0 aromatic heterocycles. The molecule has 2 N–H and O–H groups in total. The molecule has 1 atom stereocenters. The van der Waals surface area contributed by atoms with Gasteiger partial charge < -0.3 is 15.0 Å². The van der Waals surface area contributed by atoms with Crippen molar-refractivity contribution in [2.24, 2.45) is 0 Å². The van der Waals surface area contributed by atoms with E-state index in [1.165, 1.54) is 11.8 Å². The Morgan fingerprint density at radius 3 is 2.70 bits per heavy atom. The van der Waals surface area contributed by atoms with E-state index in [1.807, 2.05) is 30.3 Å². The Labute approximate surface area is 160 Å². The molecule has 0 spiro atoms. The van der Waals surface area contributed by atoms with E-state index in [0.29, 0.717) is 26.3 Å². The molecule has 1 aliphatic heterocycles. The topological polar surface area (TPSA) is 105 Å². The van der Waals surface area contributed by atoms with Crippen molar-refractivity contribution in [1.29, 1.82) is 0 Å². The van der Waals surface area contributed by atoms with Crippen molar-refractivity contribution in [2.75, 3.05) is 38.6 Å². The predicted molar refractivity (Wildman–Crippen MR) is 102 cm³/mol. The SMILES string of the molecule is CCS(=O)(=O)N[C@H](Cc1ccccc1)C(=O)N1CCOCCNC(=O)CC1. The van der Waals surface area contributed by atoms with Crippen LogP contribution in [0.4, 0.5) is 0 Å². The van der Waals surface area contributed by atoms with Gasteiger partial charge in [-0.2, -0.15) is 0 Å². The first-order valence-electron chi connectivity index (χ1n) is 9.08. The van der Waals surface area contributed by atoms with Gasteiger partial charge in [-0.25, -0.2) is 13.1 Å². The van der Waals surface area contributed by atoms with Crippen molar-refractivity contribution >= 4 is 21.8 Å². The number of hydrogen-bond acceptors (Lipinski definition) is 5. The van der Waals surface area contributed by atoms with Gasteiger partial charge in [0.15, 0.2) is 0 Å². The third-order valence-corrected chi connectivity index (χ3v) is 5.68. The number of benzene rings is 1. The highest BCUT2D eigenvalue weighted by Crippen LogP contribution is 2.09. The number of carbonyl (C=O) groups is 2. The number of sulfonamides is 1. The number of ether oxygens (including phenoxy) is 1. The molecular weight excluding hydrogens is 370 g/mol. The molecule has 1 fully saturated rings. The van der Waals surface area contributed by atoms with Gasteiger partial charge in [-0.3, -0.25) is 9.59 Å². The smallest absolute Gasteiger partial charge is 0.241 e. The zero-order chi connectivity index (χ0) is 19.7. The second kappa shape index (κ2) is 10.4. The fraction of sp³-hybridized carbons (Fsp3) is 0.556. The minimum absolute atomic E-state index is 0.114.